The van der Waals surface area contributed by atoms with Crippen LogP contribution in [0.3, 0.4) is 0 Å². The van der Waals surface area contributed by atoms with Crippen molar-refractivity contribution in [3.8, 4) is 0 Å². The number of hydroxylamine groups is 2. The van der Waals surface area contributed by atoms with Gasteiger partial charge in [0.15, 0.2) is 11.7 Å². The first-order chi connectivity index (χ1) is 6.99. The Balaban J connectivity index is 3.04. The van der Waals surface area contributed by atoms with Crippen LogP contribution in [0.5, 0.6) is 0 Å². The van der Waals surface area contributed by atoms with E-state index in [9.17, 15) is 14.4 Å². The second-order valence-corrected chi connectivity index (χ2v) is 3.01. The monoisotopic (exact) mass is 213 g/mol. The average Bonchev–Trinajstić information content (AvgIpc) is 2.11. The zero-order valence-electron chi connectivity index (χ0n) is 8.39. The maximum atomic E-state index is 11.5. The van der Waals surface area contributed by atoms with Crippen molar-refractivity contribution in [2.75, 3.05) is 6.61 Å². The molecule has 0 spiro atoms. The van der Waals surface area contributed by atoms with E-state index in [0.29, 0.717) is 5.70 Å². The fraction of sp³-hybridized carbons (Fsp3) is 0.444. The van der Waals surface area contributed by atoms with Gasteiger partial charge in [-0.3, -0.25) is 19.2 Å². The second kappa shape index (κ2) is 4.22. The van der Waals surface area contributed by atoms with Gasteiger partial charge >= 0.3 is 5.97 Å². The molecule has 82 valence electrons. The number of carbonyl (C=O) groups excluding carboxylic acids is 2. The molecule has 0 saturated carbocycles. The summed E-state index contributed by atoms with van der Waals surface area (Å²) in [7, 11) is 0. The molecule has 1 N–H and O–H groups in total. The van der Waals surface area contributed by atoms with E-state index in [1.165, 1.54) is 6.92 Å². The molecule has 0 fully saturated rings. The van der Waals surface area contributed by atoms with Crippen LogP contribution in [-0.4, -0.2) is 34.4 Å². The number of ketones is 1. The SMILES string of the molecule is CCON1C(=O)C(C(=O)O)C(=O)C=C1C. The highest BCUT2D eigenvalue weighted by Gasteiger charge is 2.40. The first-order valence-electron chi connectivity index (χ1n) is 4.40. The fourth-order valence-corrected chi connectivity index (χ4v) is 1.28. The Hall–Kier alpha value is -1.69. The highest BCUT2D eigenvalue weighted by Crippen LogP contribution is 2.19. The molecule has 0 aromatic carbocycles. The number of hydrogen-bond acceptors (Lipinski definition) is 4. The van der Waals surface area contributed by atoms with E-state index in [2.05, 4.69) is 0 Å². The number of carboxylic acids is 1. The van der Waals surface area contributed by atoms with Gasteiger partial charge < -0.3 is 5.11 Å². The number of nitrogens with zero attached hydrogens (tertiary/aromatic N) is 1. The summed E-state index contributed by atoms with van der Waals surface area (Å²) in [5, 5.41) is 9.55. The molecule has 0 bridgehead atoms. The molecular weight excluding hydrogens is 202 g/mol. The third-order valence-electron chi connectivity index (χ3n) is 1.91. The number of rotatable bonds is 3. The highest BCUT2D eigenvalue weighted by atomic mass is 16.7. The number of aliphatic carboxylic acids is 1. The minimum absolute atomic E-state index is 0.220. The van der Waals surface area contributed by atoms with Gasteiger partial charge in [0.05, 0.1) is 12.3 Å². The fourth-order valence-electron chi connectivity index (χ4n) is 1.28. The molecule has 6 heteroatoms. The second-order valence-electron chi connectivity index (χ2n) is 3.01. The molecule has 1 rings (SSSR count). The van der Waals surface area contributed by atoms with Crippen LogP contribution in [-0.2, 0) is 19.2 Å². The van der Waals surface area contributed by atoms with Crippen LogP contribution in [0.4, 0.5) is 0 Å². The summed E-state index contributed by atoms with van der Waals surface area (Å²) in [6.45, 7) is 3.38. The van der Waals surface area contributed by atoms with E-state index in [-0.39, 0.29) is 6.61 Å². The number of allylic oxidation sites excluding steroid dienone is 2. The van der Waals surface area contributed by atoms with E-state index in [4.69, 9.17) is 9.94 Å². The lowest BCUT2D eigenvalue weighted by atomic mass is 9.99. The third kappa shape index (κ3) is 2.04. The first-order valence-corrected chi connectivity index (χ1v) is 4.40. The van der Waals surface area contributed by atoms with Gasteiger partial charge in [0.25, 0.3) is 5.91 Å². The average molecular weight is 213 g/mol. The predicted octanol–water partition coefficient (Wildman–Crippen LogP) is -0.0462. The molecule has 6 nitrogen and oxygen atoms in total. The summed E-state index contributed by atoms with van der Waals surface area (Å²) < 4.78 is 0. The van der Waals surface area contributed by atoms with Gasteiger partial charge in [-0.15, -0.1) is 0 Å². The maximum Gasteiger partial charge on any atom is 0.324 e. The van der Waals surface area contributed by atoms with Gasteiger partial charge in [0.2, 0.25) is 0 Å². The lowest BCUT2D eigenvalue weighted by Gasteiger charge is -2.27. The molecule has 1 aliphatic heterocycles. The van der Waals surface area contributed by atoms with E-state index >= 15 is 0 Å². The summed E-state index contributed by atoms with van der Waals surface area (Å²) in [4.78, 5) is 38.4. The number of carboxylic acid groups (broad SMARTS) is 1. The van der Waals surface area contributed by atoms with Crippen molar-refractivity contribution < 1.29 is 24.3 Å². The van der Waals surface area contributed by atoms with E-state index in [1.807, 2.05) is 0 Å². The zero-order chi connectivity index (χ0) is 11.6. The van der Waals surface area contributed by atoms with E-state index in [1.54, 1.807) is 6.92 Å². The molecule has 1 atom stereocenters. The van der Waals surface area contributed by atoms with Crippen molar-refractivity contribution in [1.29, 1.82) is 0 Å². The minimum Gasteiger partial charge on any atom is -0.480 e. The smallest absolute Gasteiger partial charge is 0.324 e. The van der Waals surface area contributed by atoms with E-state index < -0.39 is 23.6 Å². The predicted molar refractivity (Wildman–Crippen MR) is 48.4 cm³/mol. The van der Waals surface area contributed by atoms with Gasteiger partial charge in [-0.05, 0) is 13.8 Å². The molecule has 0 aromatic rings. The van der Waals surface area contributed by atoms with Gasteiger partial charge in [0, 0.05) is 6.08 Å². The quantitative estimate of drug-likeness (QED) is 0.664. The van der Waals surface area contributed by atoms with Gasteiger partial charge in [0.1, 0.15) is 0 Å². The van der Waals surface area contributed by atoms with Crippen LogP contribution < -0.4 is 0 Å². The van der Waals surface area contributed by atoms with Crippen LogP contribution in [0.25, 0.3) is 0 Å². The molecule has 0 radical (unpaired) electrons. The molecule has 1 unspecified atom stereocenters. The topological polar surface area (TPSA) is 83.9 Å². The van der Waals surface area contributed by atoms with Crippen molar-refractivity contribution >= 4 is 17.7 Å². The molecule has 0 aliphatic carbocycles. The Morgan fingerprint density at radius 1 is 1.60 bits per heavy atom. The van der Waals surface area contributed by atoms with Crippen molar-refractivity contribution in [1.82, 2.24) is 5.06 Å². The minimum atomic E-state index is -1.68. The number of hydrogen-bond donors (Lipinski definition) is 1. The Kier molecular flexibility index (Phi) is 3.21. The first kappa shape index (κ1) is 11.4. The lowest BCUT2D eigenvalue weighted by Crippen LogP contribution is -2.45. The van der Waals surface area contributed by atoms with Gasteiger partial charge in [-0.25, -0.2) is 0 Å². The molecule has 0 aromatic heterocycles. The Morgan fingerprint density at radius 3 is 2.67 bits per heavy atom. The summed E-state index contributed by atoms with van der Waals surface area (Å²) >= 11 is 0. The molecule has 1 aliphatic rings. The highest BCUT2D eigenvalue weighted by molar-refractivity contribution is 6.21. The summed E-state index contributed by atoms with van der Waals surface area (Å²) in [6, 6.07) is 0. The normalized spacial score (nSPS) is 21.6. The van der Waals surface area contributed by atoms with Gasteiger partial charge in [-0.2, -0.15) is 5.06 Å². The Labute approximate surface area is 86.1 Å². The molecule has 0 saturated heterocycles. The van der Waals surface area contributed by atoms with Crippen LogP contribution >= 0.6 is 0 Å². The maximum absolute atomic E-state index is 11.5. The van der Waals surface area contributed by atoms with Crippen molar-refractivity contribution in [3.63, 3.8) is 0 Å². The van der Waals surface area contributed by atoms with E-state index in [0.717, 1.165) is 11.1 Å². The largest absolute Gasteiger partial charge is 0.480 e. The van der Waals surface area contributed by atoms with Crippen LogP contribution in [0.15, 0.2) is 11.8 Å². The zero-order valence-corrected chi connectivity index (χ0v) is 8.39. The number of carbonyl (C=O) groups is 3. The van der Waals surface area contributed by atoms with Crippen molar-refractivity contribution in [2.45, 2.75) is 13.8 Å². The summed E-state index contributed by atoms with van der Waals surface area (Å²) in [5.41, 5.74) is 0.296. The van der Waals surface area contributed by atoms with Crippen LogP contribution in [0.2, 0.25) is 0 Å². The molecular formula is C9H11NO5. The molecule has 1 heterocycles. The van der Waals surface area contributed by atoms with Crippen LogP contribution in [0.1, 0.15) is 13.8 Å². The number of amides is 1. The third-order valence-corrected chi connectivity index (χ3v) is 1.91. The lowest BCUT2D eigenvalue weighted by molar-refractivity contribution is -0.183. The van der Waals surface area contributed by atoms with Crippen molar-refractivity contribution in [3.05, 3.63) is 11.8 Å². The molecule has 15 heavy (non-hydrogen) atoms. The summed E-state index contributed by atoms with van der Waals surface area (Å²) in [5.74, 6) is -4.71. The van der Waals surface area contributed by atoms with Crippen molar-refractivity contribution in [2.24, 2.45) is 5.92 Å². The Morgan fingerprint density at radius 2 is 2.20 bits per heavy atom. The van der Waals surface area contributed by atoms with Gasteiger partial charge in [-0.1, -0.05) is 0 Å². The molecule has 1 amide bonds. The standard InChI is InChI=1S/C9H11NO5/c1-3-15-10-5(2)4-6(11)7(8(10)12)9(13)14/h4,7H,3H2,1-2H3,(H,13,14). The van der Waals surface area contributed by atoms with Crippen LogP contribution in [0, 0.1) is 5.92 Å². The summed E-state index contributed by atoms with van der Waals surface area (Å²) in [6.07, 6.45) is 1.09. The Bertz CT molecular complexity index is 346.